The maximum atomic E-state index is 12.2. The number of likely N-dealkylation sites (tertiary alicyclic amines) is 1. The van der Waals surface area contributed by atoms with Gasteiger partial charge in [-0.2, -0.15) is 0 Å². The Labute approximate surface area is 123 Å². The maximum Gasteiger partial charge on any atom is 0.335 e. The molecule has 1 aromatic rings. The fourth-order valence-electron chi connectivity index (χ4n) is 2.60. The Balaban J connectivity index is 1.97. The number of urea groups is 1. The number of anilines is 1. The molecule has 1 saturated heterocycles. The molecular formula is C15H20N2O4. The largest absolute Gasteiger partial charge is 0.478 e. The minimum absolute atomic E-state index is 0.140. The van der Waals surface area contributed by atoms with Crippen molar-refractivity contribution in [3.63, 3.8) is 0 Å². The first kappa shape index (κ1) is 15.3. The van der Waals surface area contributed by atoms with E-state index < -0.39 is 5.97 Å². The van der Waals surface area contributed by atoms with E-state index in [0.29, 0.717) is 31.1 Å². The predicted molar refractivity (Wildman–Crippen MR) is 78.4 cm³/mol. The van der Waals surface area contributed by atoms with E-state index in [1.165, 1.54) is 12.1 Å². The maximum absolute atomic E-state index is 12.2. The summed E-state index contributed by atoms with van der Waals surface area (Å²) >= 11 is 0. The number of amides is 2. The van der Waals surface area contributed by atoms with Crippen LogP contribution in [0, 0.1) is 5.92 Å². The van der Waals surface area contributed by atoms with Gasteiger partial charge in [-0.3, -0.25) is 0 Å². The average Bonchev–Trinajstić information content (AvgIpc) is 2.48. The summed E-state index contributed by atoms with van der Waals surface area (Å²) in [6, 6.07) is 5.97. The van der Waals surface area contributed by atoms with Crippen LogP contribution >= 0.6 is 0 Å². The van der Waals surface area contributed by atoms with Crippen LogP contribution in [-0.4, -0.2) is 46.8 Å². The SMILES string of the molecule is O=C(O)c1cccc(NC(=O)N2CCCC(CCO)C2)c1. The molecule has 0 spiro atoms. The van der Waals surface area contributed by atoms with Crippen molar-refractivity contribution in [3.8, 4) is 0 Å². The van der Waals surface area contributed by atoms with Crippen LogP contribution in [0.25, 0.3) is 0 Å². The molecule has 114 valence electrons. The number of aliphatic hydroxyl groups excluding tert-OH is 1. The number of benzene rings is 1. The van der Waals surface area contributed by atoms with Crippen LogP contribution in [0.1, 0.15) is 29.6 Å². The van der Waals surface area contributed by atoms with Crippen LogP contribution < -0.4 is 5.32 Å². The molecule has 1 atom stereocenters. The first-order valence-corrected chi connectivity index (χ1v) is 7.10. The number of carbonyl (C=O) groups excluding carboxylic acids is 1. The second kappa shape index (κ2) is 7.08. The number of hydrogen-bond acceptors (Lipinski definition) is 3. The average molecular weight is 292 g/mol. The highest BCUT2D eigenvalue weighted by atomic mass is 16.4. The second-order valence-electron chi connectivity index (χ2n) is 5.28. The minimum Gasteiger partial charge on any atom is -0.478 e. The lowest BCUT2D eigenvalue weighted by Gasteiger charge is -2.32. The van der Waals surface area contributed by atoms with E-state index >= 15 is 0 Å². The lowest BCUT2D eigenvalue weighted by atomic mass is 9.95. The van der Waals surface area contributed by atoms with Gasteiger partial charge in [0.05, 0.1) is 5.56 Å². The summed E-state index contributed by atoms with van der Waals surface area (Å²) in [5, 5.41) is 20.7. The van der Waals surface area contributed by atoms with Crippen molar-refractivity contribution in [1.29, 1.82) is 0 Å². The normalized spacial score (nSPS) is 18.3. The highest BCUT2D eigenvalue weighted by molar-refractivity contribution is 5.93. The molecule has 6 heteroatoms. The minimum atomic E-state index is -1.02. The number of carboxylic acid groups (broad SMARTS) is 1. The molecule has 1 fully saturated rings. The van der Waals surface area contributed by atoms with Crippen LogP contribution in [-0.2, 0) is 0 Å². The molecule has 0 saturated carbocycles. The van der Waals surface area contributed by atoms with Gasteiger partial charge in [0, 0.05) is 25.4 Å². The first-order valence-electron chi connectivity index (χ1n) is 7.10. The molecule has 2 amide bonds. The number of rotatable bonds is 4. The summed E-state index contributed by atoms with van der Waals surface area (Å²) in [5.41, 5.74) is 0.619. The number of nitrogens with one attached hydrogen (secondary N) is 1. The van der Waals surface area contributed by atoms with Gasteiger partial charge in [0.25, 0.3) is 0 Å². The summed E-state index contributed by atoms with van der Waals surface area (Å²) in [5.74, 6) is -0.688. The van der Waals surface area contributed by atoms with Crippen LogP contribution in [0.15, 0.2) is 24.3 Å². The molecule has 1 aliphatic rings. The van der Waals surface area contributed by atoms with E-state index in [0.717, 1.165) is 12.8 Å². The first-order chi connectivity index (χ1) is 10.1. The van der Waals surface area contributed by atoms with Gasteiger partial charge in [-0.05, 0) is 43.4 Å². The van der Waals surface area contributed by atoms with Crippen LogP contribution in [0.5, 0.6) is 0 Å². The Morgan fingerprint density at radius 1 is 1.38 bits per heavy atom. The molecule has 0 radical (unpaired) electrons. The number of piperidine rings is 1. The molecule has 1 heterocycles. The second-order valence-corrected chi connectivity index (χ2v) is 5.28. The molecule has 6 nitrogen and oxygen atoms in total. The molecule has 21 heavy (non-hydrogen) atoms. The molecule has 3 N–H and O–H groups in total. The Hall–Kier alpha value is -2.08. The van der Waals surface area contributed by atoms with Crippen LogP contribution in [0.3, 0.4) is 0 Å². The summed E-state index contributed by atoms with van der Waals surface area (Å²) in [6.45, 7) is 1.46. The zero-order valence-electron chi connectivity index (χ0n) is 11.8. The molecule has 1 aromatic carbocycles. The van der Waals surface area contributed by atoms with Gasteiger partial charge in [-0.1, -0.05) is 6.07 Å². The van der Waals surface area contributed by atoms with E-state index in [1.54, 1.807) is 17.0 Å². The monoisotopic (exact) mass is 292 g/mol. The van der Waals surface area contributed by atoms with E-state index in [4.69, 9.17) is 10.2 Å². The van der Waals surface area contributed by atoms with Crippen molar-refractivity contribution in [2.24, 2.45) is 5.92 Å². The van der Waals surface area contributed by atoms with Gasteiger partial charge in [0.1, 0.15) is 0 Å². The van der Waals surface area contributed by atoms with Crippen LogP contribution in [0.4, 0.5) is 10.5 Å². The fourth-order valence-corrected chi connectivity index (χ4v) is 2.60. The van der Waals surface area contributed by atoms with E-state index in [1.807, 2.05) is 0 Å². The van der Waals surface area contributed by atoms with E-state index in [9.17, 15) is 9.59 Å². The van der Waals surface area contributed by atoms with Crippen molar-refractivity contribution in [2.45, 2.75) is 19.3 Å². The third kappa shape index (κ3) is 4.19. The molecule has 0 aliphatic carbocycles. The van der Waals surface area contributed by atoms with Gasteiger partial charge in [-0.15, -0.1) is 0 Å². The fraction of sp³-hybridized carbons (Fsp3) is 0.467. The van der Waals surface area contributed by atoms with Gasteiger partial charge in [0.15, 0.2) is 0 Å². The van der Waals surface area contributed by atoms with Gasteiger partial charge >= 0.3 is 12.0 Å². The zero-order chi connectivity index (χ0) is 15.2. The molecule has 1 aliphatic heterocycles. The Morgan fingerprint density at radius 3 is 2.90 bits per heavy atom. The number of nitrogens with zero attached hydrogens (tertiary/aromatic N) is 1. The summed E-state index contributed by atoms with van der Waals surface area (Å²) in [4.78, 5) is 24.8. The lowest BCUT2D eigenvalue weighted by Crippen LogP contribution is -2.42. The van der Waals surface area contributed by atoms with E-state index in [-0.39, 0.29) is 18.2 Å². The van der Waals surface area contributed by atoms with Gasteiger partial charge < -0.3 is 20.4 Å². The quantitative estimate of drug-likeness (QED) is 0.792. The molecule has 0 bridgehead atoms. The smallest absolute Gasteiger partial charge is 0.335 e. The lowest BCUT2D eigenvalue weighted by molar-refractivity contribution is 0.0697. The van der Waals surface area contributed by atoms with Gasteiger partial charge in [0.2, 0.25) is 0 Å². The highest BCUT2D eigenvalue weighted by Gasteiger charge is 2.23. The van der Waals surface area contributed by atoms with Crippen molar-refractivity contribution >= 4 is 17.7 Å². The number of carboxylic acids is 1. The Kier molecular flexibility index (Phi) is 5.16. The van der Waals surface area contributed by atoms with Crippen LogP contribution in [0.2, 0.25) is 0 Å². The Bertz CT molecular complexity index is 516. The molecular weight excluding hydrogens is 272 g/mol. The number of carbonyl (C=O) groups is 2. The third-order valence-electron chi connectivity index (χ3n) is 3.70. The summed E-state index contributed by atoms with van der Waals surface area (Å²) in [6.07, 6.45) is 2.66. The standard InChI is InChI=1S/C15H20N2O4/c18-8-6-11-3-2-7-17(10-11)15(21)16-13-5-1-4-12(9-13)14(19)20/h1,4-5,9,11,18H,2-3,6-8,10H2,(H,16,21)(H,19,20). The topological polar surface area (TPSA) is 89.9 Å². The molecule has 1 unspecified atom stereocenters. The number of hydrogen-bond donors (Lipinski definition) is 3. The van der Waals surface area contributed by atoms with Crippen molar-refractivity contribution in [1.82, 2.24) is 4.90 Å². The third-order valence-corrected chi connectivity index (χ3v) is 3.70. The highest BCUT2D eigenvalue weighted by Crippen LogP contribution is 2.20. The zero-order valence-corrected chi connectivity index (χ0v) is 11.8. The van der Waals surface area contributed by atoms with Crippen molar-refractivity contribution in [2.75, 3.05) is 25.0 Å². The predicted octanol–water partition coefficient (Wildman–Crippen LogP) is 2.01. The molecule has 0 aromatic heterocycles. The van der Waals surface area contributed by atoms with Crippen molar-refractivity contribution < 1.29 is 19.8 Å². The number of aliphatic hydroxyl groups is 1. The number of aromatic carboxylic acids is 1. The van der Waals surface area contributed by atoms with Gasteiger partial charge in [-0.25, -0.2) is 9.59 Å². The molecule has 2 rings (SSSR count). The summed E-state index contributed by atoms with van der Waals surface area (Å²) in [7, 11) is 0. The Morgan fingerprint density at radius 2 is 2.19 bits per heavy atom. The summed E-state index contributed by atoms with van der Waals surface area (Å²) < 4.78 is 0. The van der Waals surface area contributed by atoms with E-state index in [2.05, 4.69) is 5.32 Å². The van der Waals surface area contributed by atoms with Crippen molar-refractivity contribution in [3.05, 3.63) is 29.8 Å².